The normalized spacial score (nSPS) is 26.0. The monoisotopic (exact) mass is 462 g/mol. The smallest absolute Gasteiger partial charge is 0.0466 e. The maximum atomic E-state index is 6.03. The largest absolute Gasteiger partial charge is 0.381 e. The van der Waals surface area contributed by atoms with E-state index in [1.165, 1.54) is 154 Å². The minimum atomic E-state index is 1.01. The molecule has 0 aromatic carbocycles. The Labute approximate surface area is 209 Å². The average Bonchev–Trinajstić information content (AvgIpc) is 2.85. The van der Waals surface area contributed by atoms with E-state index in [1.807, 2.05) is 0 Å². The molecule has 0 amide bonds. The Kier molecular flexibility index (Phi) is 17.9. The van der Waals surface area contributed by atoms with Crippen LogP contribution in [0.25, 0.3) is 0 Å². The molecule has 0 atom stereocenters. The topological polar surface area (TPSA) is 9.23 Å². The molecule has 0 bridgehead atoms. The number of rotatable bonds is 20. The fourth-order valence-electron chi connectivity index (χ4n) is 6.74. The molecule has 2 aliphatic carbocycles. The third-order valence-corrected chi connectivity index (χ3v) is 9.17. The molecule has 2 aliphatic rings. The highest BCUT2D eigenvalue weighted by molar-refractivity contribution is 4.74. The van der Waals surface area contributed by atoms with Crippen molar-refractivity contribution in [2.24, 2.45) is 23.7 Å². The maximum Gasteiger partial charge on any atom is 0.0466 e. The Bertz CT molecular complexity index is 365. The second-order valence-electron chi connectivity index (χ2n) is 12.1. The summed E-state index contributed by atoms with van der Waals surface area (Å²) >= 11 is 0. The summed E-state index contributed by atoms with van der Waals surface area (Å²) in [7, 11) is 0. The first-order valence-corrected chi connectivity index (χ1v) is 15.9. The van der Waals surface area contributed by atoms with E-state index in [-0.39, 0.29) is 0 Å². The molecule has 33 heavy (non-hydrogen) atoms. The van der Waals surface area contributed by atoms with Crippen LogP contribution in [-0.4, -0.2) is 13.2 Å². The molecule has 1 nitrogen and oxygen atoms in total. The minimum absolute atomic E-state index is 1.01. The molecule has 0 unspecified atom stereocenters. The molecule has 2 saturated carbocycles. The van der Waals surface area contributed by atoms with Crippen LogP contribution in [0.2, 0.25) is 0 Å². The Morgan fingerprint density at radius 2 is 0.697 bits per heavy atom. The lowest BCUT2D eigenvalue weighted by Crippen LogP contribution is -2.16. The molecule has 0 N–H and O–H groups in total. The van der Waals surface area contributed by atoms with Gasteiger partial charge in [-0.1, -0.05) is 142 Å². The van der Waals surface area contributed by atoms with E-state index in [0.29, 0.717) is 0 Å². The molecule has 0 saturated heterocycles. The SMILES string of the molecule is CCCCCCCC1CCC(CCCOCCCC2CCC(CCCCCCC)CC2)CC1. The van der Waals surface area contributed by atoms with Gasteiger partial charge in [0.2, 0.25) is 0 Å². The van der Waals surface area contributed by atoms with Crippen LogP contribution in [-0.2, 0) is 4.74 Å². The van der Waals surface area contributed by atoms with Gasteiger partial charge in [-0.15, -0.1) is 0 Å². The lowest BCUT2D eigenvalue weighted by atomic mass is 9.78. The molecule has 0 aromatic rings. The summed E-state index contributed by atoms with van der Waals surface area (Å²) < 4.78 is 6.03. The van der Waals surface area contributed by atoms with Crippen LogP contribution < -0.4 is 0 Å². The van der Waals surface area contributed by atoms with Crippen molar-refractivity contribution in [1.29, 1.82) is 0 Å². The van der Waals surface area contributed by atoms with Crippen LogP contribution in [0.4, 0.5) is 0 Å². The third-order valence-electron chi connectivity index (χ3n) is 9.17. The van der Waals surface area contributed by atoms with Crippen molar-refractivity contribution in [3.63, 3.8) is 0 Å². The van der Waals surface area contributed by atoms with Gasteiger partial charge < -0.3 is 4.74 Å². The minimum Gasteiger partial charge on any atom is -0.381 e. The Morgan fingerprint density at radius 1 is 0.394 bits per heavy atom. The van der Waals surface area contributed by atoms with Gasteiger partial charge in [0.25, 0.3) is 0 Å². The van der Waals surface area contributed by atoms with Crippen LogP contribution >= 0.6 is 0 Å². The molecule has 2 fully saturated rings. The summed E-state index contributed by atoms with van der Waals surface area (Å²) in [5.41, 5.74) is 0. The van der Waals surface area contributed by atoms with Crippen molar-refractivity contribution < 1.29 is 4.74 Å². The van der Waals surface area contributed by atoms with Crippen molar-refractivity contribution in [2.75, 3.05) is 13.2 Å². The molecule has 0 radical (unpaired) electrons. The Hall–Kier alpha value is -0.0400. The van der Waals surface area contributed by atoms with Gasteiger partial charge in [-0.3, -0.25) is 0 Å². The van der Waals surface area contributed by atoms with Crippen molar-refractivity contribution >= 4 is 0 Å². The van der Waals surface area contributed by atoms with E-state index in [0.717, 1.165) is 36.9 Å². The summed E-state index contributed by atoms with van der Waals surface area (Å²) in [5, 5.41) is 0. The molecule has 0 aliphatic heterocycles. The van der Waals surface area contributed by atoms with E-state index in [1.54, 1.807) is 0 Å². The zero-order valence-corrected chi connectivity index (χ0v) is 23.1. The molecule has 0 spiro atoms. The number of unbranched alkanes of at least 4 members (excludes halogenated alkanes) is 8. The standard InChI is InChI=1S/C32H62O/c1-3-5-7-9-11-15-29-19-23-31(24-20-29)17-13-27-33-28-14-18-32-25-21-30(22-26-32)16-12-10-8-6-4-2/h29-32H,3-28H2,1-2H3. The van der Waals surface area contributed by atoms with Crippen LogP contribution in [0.1, 0.15) is 168 Å². The van der Waals surface area contributed by atoms with Crippen LogP contribution in [0.5, 0.6) is 0 Å². The highest BCUT2D eigenvalue weighted by Crippen LogP contribution is 2.35. The first-order chi connectivity index (χ1) is 16.3. The van der Waals surface area contributed by atoms with Gasteiger partial charge >= 0.3 is 0 Å². The van der Waals surface area contributed by atoms with E-state index in [9.17, 15) is 0 Å². The van der Waals surface area contributed by atoms with E-state index in [4.69, 9.17) is 4.74 Å². The van der Waals surface area contributed by atoms with Crippen molar-refractivity contribution in [2.45, 2.75) is 168 Å². The van der Waals surface area contributed by atoms with Crippen molar-refractivity contribution in [3.05, 3.63) is 0 Å². The fourth-order valence-corrected chi connectivity index (χ4v) is 6.74. The lowest BCUT2D eigenvalue weighted by molar-refractivity contribution is 0.113. The van der Waals surface area contributed by atoms with E-state index >= 15 is 0 Å². The van der Waals surface area contributed by atoms with Gasteiger partial charge in [0, 0.05) is 13.2 Å². The zero-order valence-electron chi connectivity index (χ0n) is 23.1. The quantitative estimate of drug-likeness (QED) is 0.163. The maximum absolute atomic E-state index is 6.03. The van der Waals surface area contributed by atoms with Gasteiger partial charge in [0.15, 0.2) is 0 Å². The summed E-state index contributed by atoms with van der Waals surface area (Å²) in [5.74, 6) is 4.12. The summed E-state index contributed by atoms with van der Waals surface area (Å²) in [6.07, 6.45) is 35.0. The van der Waals surface area contributed by atoms with Crippen LogP contribution in [0, 0.1) is 23.7 Å². The zero-order chi connectivity index (χ0) is 23.4. The van der Waals surface area contributed by atoms with E-state index in [2.05, 4.69) is 13.8 Å². The van der Waals surface area contributed by atoms with Crippen LogP contribution in [0.15, 0.2) is 0 Å². The lowest BCUT2D eigenvalue weighted by Gasteiger charge is -2.29. The third kappa shape index (κ3) is 14.8. The van der Waals surface area contributed by atoms with Gasteiger partial charge in [-0.05, 0) is 49.4 Å². The molecule has 1 heteroatoms. The molecule has 2 rings (SSSR count). The van der Waals surface area contributed by atoms with Gasteiger partial charge in [0.05, 0.1) is 0 Å². The molecule has 0 aromatic heterocycles. The Balaban J connectivity index is 1.33. The second-order valence-corrected chi connectivity index (χ2v) is 12.1. The summed E-state index contributed by atoms with van der Waals surface area (Å²) in [6.45, 7) is 6.66. The molecule has 0 heterocycles. The Morgan fingerprint density at radius 3 is 1.03 bits per heavy atom. The van der Waals surface area contributed by atoms with Crippen molar-refractivity contribution in [1.82, 2.24) is 0 Å². The van der Waals surface area contributed by atoms with Gasteiger partial charge in [-0.2, -0.15) is 0 Å². The number of ether oxygens (including phenoxy) is 1. The van der Waals surface area contributed by atoms with E-state index < -0.39 is 0 Å². The number of hydrogen-bond acceptors (Lipinski definition) is 1. The summed E-state index contributed by atoms with van der Waals surface area (Å²) in [6, 6.07) is 0. The fraction of sp³-hybridized carbons (Fsp3) is 1.00. The van der Waals surface area contributed by atoms with Crippen molar-refractivity contribution in [3.8, 4) is 0 Å². The predicted octanol–water partition coefficient (Wildman–Crippen LogP) is 10.9. The van der Waals surface area contributed by atoms with Gasteiger partial charge in [-0.25, -0.2) is 0 Å². The highest BCUT2D eigenvalue weighted by Gasteiger charge is 2.21. The number of hydrogen-bond donors (Lipinski definition) is 0. The summed E-state index contributed by atoms with van der Waals surface area (Å²) in [4.78, 5) is 0. The molecular weight excluding hydrogens is 400 g/mol. The molecular formula is C32H62O. The second kappa shape index (κ2) is 20.2. The average molecular weight is 463 g/mol. The highest BCUT2D eigenvalue weighted by atomic mass is 16.5. The molecule has 196 valence electrons. The first kappa shape index (κ1) is 29.2. The predicted molar refractivity (Wildman–Crippen MR) is 147 cm³/mol. The first-order valence-electron chi connectivity index (χ1n) is 15.9. The van der Waals surface area contributed by atoms with Gasteiger partial charge in [0.1, 0.15) is 0 Å². The van der Waals surface area contributed by atoms with Crippen LogP contribution in [0.3, 0.4) is 0 Å².